The molecule has 0 radical (unpaired) electrons. The molecule has 0 unspecified atom stereocenters. The van der Waals surface area contributed by atoms with E-state index in [9.17, 15) is 28.8 Å². The van der Waals surface area contributed by atoms with E-state index >= 15 is 0 Å². The molecule has 0 fully saturated rings. The van der Waals surface area contributed by atoms with Crippen LogP contribution in [0, 0.1) is 0 Å². The fourth-order valence-electron chi connectivity index (χ4n) is 3.69. The summed E-state index contributed by atoms with van der Waals surface area (Å²) in [5.41, 5.74) is 0. The van der Waals surface area contributed by atoms with E-state index in [-0.39, 0.29) is 6.54 Å². The summed E-state index contributed by atoms with van der Waals surface area (Å²) in [6, 6.07) is 0.240. The number of methoxy groups -OCH3 is 1. The van der Waals surface area contributed by atoms with Gasteiger partial charge in [-0.3, -0.25) is 19.2 Å². The minimum Gasteiger partial charge on any atom is -0.477 e. The number of urea groups is 1. The number of amides is 3. The lowest BCUT2D eigenvalue weighted by atomic mass is 9.91. The molecule has 1 aliphatic heterocycles. The van der Waals surface area contributed by atoms with Crippen LogP contribution in [0.4, 0.5) is 4.79 Å². The van der Waals surface area contributed by atoms with E-state index in [1.54, 1.807) is 12.1 Å². The first-order chi connectivity index (χ1) is 18.4. The highest BCUT2D eigenvalue weighted by atomic mass is 16.6. The molecule has 0 aromatic carbocycles. The molecule has 5 atom stereocenters. The third-order valence-electron chi connectivity index (χ3n) is 5.15. The van der Waals surface area contributed by atoms with Crippen LogP contribution in [0.3, 0.4) is 0 Å². The van der Waals surface area contributed by atoms with Crippen LogP contribution in [0.5, 0.6) is 0 Å². The van der Waals surface area contributed by atoms with Gasteiger partial charge in [-0.2, -0.15) is 0 Å². The van der Waals surface area contributed by atoms with Gasteiger partial charge in [0.25, 0.3) is 0 Å². The third kappa shape index (κ3) is 9.68. The van der Waals surface area contributed by atoms with Gasteiger partial charge in [0.2, 0.25) is 11.7 Å². The van der Waals surface area contributed by atoms with Gasteiger partial charge in [0, 0.05) is 27.7 Å². The van der Waals surface area contributed by atoms with Crippen molar-refractivity contribution in [2.24, 2.45) is 0 Å². The minimum absolute atomic E-state index is 0.0246. The summed E-state index contributed by atoms with van der Waals surface area (Å²) in [5, 5.41) is 7.78. The summed E-state index contributed by atoms with van der Waals surface area (Å²) < 4.78 is 31.4. The molecule has 1 aliphatic rings. The van der Waals surface area contributed by atoms with Crippen molar-refractivity contribution in [3.8, 4) is 0 Å². The Hall–Kier alpha value is -4.56. The lowest BCUT2D eigenvalue weighted by Crippen LogP contribution is -2.65. The van der Waals surface area contributed by atoms with Crippen LogP contribution >= 0.6 is 0 Å². The maximum Gasteiger partial charge on any atom is 0.373 e. The molecule has 15 nitrogen and oxygen atoms in total. The first-order valence-corrected chi connectivity index (χ1v) is 11.7. The molecular weight excluding hydrogens is 522 g/mol. The minimum atomic E-state index is -1.54. The highest BCUT2D eigenvalue weighted by molar-refractivity contribution is 5.87. The van der Waals surface area contributed by atoms with Crippen molar-refractivity contribution in [2.75, 3.05) is 13.7 Å². The Bertz CT molecular complexity index is 1080. The van der Waals surface area contributed by atoms with E-state index in [1.807, 2.05) is 0 Å². The van der Waals surface area contributed by atoms with Gasteiger partial charge >= 0.3 is 29.9 Å². The molecule has 3 amide bonds. The van der Waals surface area contributed by atoms with Gasteiger partial charge in [-0.05, 0) is 18.2 Å². The Morgan fingerprint density at radius 3 is 2.21 bits per heavy atom. The smallest absolute Gasteiger partial charge is 0.373 e. The topological polar surface area (TPSA) is 198 Å². The van der Waals surface area contributed by atoms with Gasteiger partial charge in [-0.1, -0.05) is 0 Å². The quantitative estimate of drug-likeness (QED) is 0.242. The van der Waals surface area contributed by atoms with Crippen LogP contribution in [0.2, 0.25) is 0 Å². The van der Waals surface area contributed by atoms with Crippen molar-refractivity contribution >= 4 is 35.8 Å². The largest absolute Gasteiger partial charge is 0.477 e. The average molecular weight is 554 g/mol. The molecule has 0 bridgehead atoms. The maximum atomic E-state index is 12.7. The number of nitrogens with one attached hydrogen (secondary N) is 3. The Labute approximate surface area is 223 Å². The van der Waals surface area contributed by atoms with Gasteiger partial charge in [-0.15, -0.1) is 0 Å². The molecule has 3 N–H and O–H groups in total. The zero-order valence-electron chi connectivity index (χ0n) is 22.0. The fourth-order valence-corrected chi connectivity index (χ4v) is 3.69. The lowest BCUT2D eigenvalue weighted by Gasteiger charge is -2.41. The highest BCUT2D eigenvalue weighted by Gasteiger charge is 2.48. The molecule has 15 heteroatoms. The summed E-state index contributed by atoms with van der Waals surface area (Å²) in [4.78, 5) is 72.7. The van der Waals surface area contributed by atoms with Crippen molar-refractivity contribution in [2.45, 2.75) is 64.6 Å². The molecule has 0 spiro atoms. The predicted molar refractivity (Wildman–Crippen MR) is 128 cm³/mol. The van der Waals surface area contributed by atoms with Crippen LogP contribution in [0.25, 0.3) is 0 Å². The van der Waals surface area contributed by atoms with E-state index < -0.39 is 78.6 Å². The molecule has 0 saturated carbocycles. The fraction of sp³-hybridized carbons (Fsp3) is 0.500. The number of hydrogen-bond donors (Lipinski definition) is 3. The standard InChI is InChI=1S/C24H31N3O12/c1-12(28)26-20-17(27-24(33)25-10-16-7-6-8-35-16)9-18(23(32)34-5)39-22(20)21(38-15(4)31)19(37-14(3)30)11-36-13(2)29/h6-9,17,19-22H,10-11H2,1-5H3,(H,26,28)(H2,25,27,33)/t17-,19+,20+,21+,22+/m0/s1. The normalized spacial score (nSPS) is 19.6. The molecule has 1 aromatic rings. The Balaban J connectivity index is 2.49. The second-order valence-corrected chi connectivity index (χ2v) is 8.29. The number of rotatable bonds is 11. The molecule has 0 saturated heterocycles. The van der Waals surface area contributed by atoms with Crippen LogP contribution in [-0.4, -0.2) is 79.9 Å². The molecule has 0 aliphatic carbocycles. The lowest BCUT2D eigenvalue weighted by molar-refractivity contribution is -0.188. The summed E-state index contributed by atoms with van der Waals surface area (Å²) >= 11 is 0. The van der Waals surface area contributed by atoms with Crippen LogP contribution in [-0.2, 0) is 54.2 Å². The number of hydrogen-bond acceptors (Lipinski definition) is 12. The third-order valence-corrected chi connectivity index (χ3v) is 5.15. The average Bonchev–Trinajstić information content (AvgIpc) is 3.37. The molecule has 214 valence electrons. The first kappa shape index (κ1) is 30.7. The predicted octanol–water partition coefficient (Wildman–Crippen LogP) is -0.166. The van der Waals surface area contributed by atoms with Crippen molar-refractivity contribution in [1.29, 1.82) is 0 Å². The van der Waals surface area contributed by atoms with Crippen molar-refractivity contribution < 1.29 is 56.9 Å². The van der Waals surface area contributed by atoms with E-state index in [1.165, 1.54) is 19.3 Å². The maximum absolute atomic E-state index is 12.7. The summed E-state index contributed by atoms with van der Waals surface area (Å²) in [6.45, 7) is 3.91. The monoisotopic (exact) mass is 553 g/mol. The van der Waals surface area contributed by atoms with E-state index in [0.29, 0.717) is 5.76 Å². The van der Waals surface area contributed by atoms with Gasteiger partial charge in [0.05, 0.1) is 32.0 Å². The van der Waals surface area contributed by atoms with E-state index in [4.69, 9.17) is 28.1 Å². The first-order valence-electron chi connectivity index (χ1n) is 11.7. The van der Waals surface area contributed by atoms with E-state index in [2.05, 4.69) is 16.0 Å². The summed E-state index contributed by atoms with van der Waals surface area (Å²) in [7, 11) is 1.09. The second-order valence-electron chi connectivity index (χ2n) is 8.29. The second kappa shape index (κ2) is 14.4. The number of carbonyl (C=O) groups is 6. The van der Waals surface area contributed by atoms with Gasteiger partial charge in [0.1, 0.15) is 12.4 Å². The highest BCUT2D eigenvalue weighted by Crippen LogP contribution is 2.27. The molecule has 2 heterocycles. The van der Waals surface area contributed by atoms with Gasteiger partial charge < -0.3 is 44.1 Å². The van der Waals surface area contributed by atoms with Crippen molar-refractivity contribution in [3.05, 3.63) is 36.0 Å². The number of esters is 4. The van der Waals surface area contributed by atoms with Crippen molar-refractivity contribution in [1.82, 2.24) is 16.0 Å². The van der Waals surface area contributed by atoms with Crippen molar-refractivity contribution in [3.63, 3.8) is 0 Å². The van der Waals surface area contributed by atoms with Crippen LogP contribution < -0.4 is 16.0 Å². The number of carbonyl (C=O) groups excluding carboxylic acids is 6. The molecular formula is C24H31N3O12. The van der Waals surface area contributed by atoms with Gasteiger partial charge in [-0.25, -0.2) is 9.59 Å². The number of ether oxygens (including phenoxy) is 5. The Morgan fingerprint density at radius 2 is 1.67 bits per heavy atom. The molecule has 39 heavy (non-hydrogen) atoms. The Kier molecular flexibility index (Phi) is 11.3. The Morgan fingerprint density at radius 1 is 0.974 bits per heavy atom. The zero-order valence-corrected chi connectivity index (χ0v) is 22.0. The number of furan rings is 1. The molecule has 1 aromatic heterocycles. The SMILES string of the molecule is COC(=O)C1=C[C@H](NC(=O)NCc2ccco2)[C@@H](NC(C)=O)[C@H]([C@H](OC(C)=O)[C@@H](COC(C)=O)OC(C)=O)O1. The zero-order chi connectivity index (χ0) is 29.1. The van der Waals surface area contributed by atoms with Gasteiger partial charge in [0.15, 0.2) is 18.3 Å². The summed E-state index contributed by atoms with van der Waals surface area (Å²) in [6.07, 6.45) is -1.78. The molecule has 2 rings (SSSR count). The van der Waals surface area contributed by atoms with Crippen LogP contribution in [0.1, 0.15) is 33.5 Å². The van der Waals surface area contributed by atoms with Crippen LogP contribution in [0.15, 0.2) is 34.6 Å². The summed E-state index contributed by atoms with van der Waals surface area (Å²) in [5.74, 6) is -3.84. The van der Waals surface area contributed by atoms with E-state index in [0.717, 1.165) is 27.9 Å².